The molecule has 1 amide bonds. The number of likely N-dealkylation sites (tertiary alicyclic amines) is 1. The van der Waals surface area contributed by atoms with Crippen molar-refractivity contribution in [3.63, 3.8) is 0 Å². The van der Waals surface area contributed by atoms with Crippen LogP contribution in [0.4, 0.5) is 0 Å². The summed E-state index contributed by atoms with van der Waals surface area (Å²) >= 11 is 0. The highest BCUT2D eigenvalue weighted by Crippen LogP contribution is 2.28. The van der Waals surface area contributed by atoms with Crippen molar-refractivity contribution in [1.82, 2.24) is 14.7 Å². The van der Waals surface area contributed by atoms with E-state index in [0.29, 0.717) is 24.5 Å². The largest absolute Gasteiger partial charge is 0.480 e. The standard InChI is InChI=1S/C18H33N3O3/c1-14(2)11-21(16-6-7-16)17(22)12-20-9-4-5-15(8-10-20)19(3)13-18(23)24/h14-16H,4-13H2,1-3H3,(H,23,24). The molecular formula is C18H33N3O3. The van der Waals surface area contributed by atoms with Gasteiger partial charge in [0.2, 0.25) is 5.91 Å². The fraction of sp³-hybridized carbons (Fsp3) is 0.889. The van der Waals surface area contributed by atoms with Crippen LogP contribution >= 0.6 is 0 Å². The molecule has 0 aromatic carbocycles. The number of amides is 1. The van der Waals surface area contributed by atoms with Crippen molar-refractivity contribution in [2.45, 2.75) is 58.0 Å². The Morgan fingerprint density at radius 1 is 1.12 bits per heavy atom. The van der Waals surface area contributed by atoms with Gasteiger partial charge < -0.3 is 10.0 Å². The topological polar surface area (TPSA) is 64.1 Å². The van der Waals surface area contributed by atoms with Crippen molar-refractivity contribution in [3.8, 4) is 0 Å². The first-order chi connectivity index (χ1) is 11.4. The molecule has 1 heterocycles. The minimum absolute atomic E-state index is 0.0907. The average molecular weight is 339 g/mol. The van der Waals surface area contributed by atoms with E-state index in [1.807, 2.05) is 11.9 Å². The molecule has 1 saturated carbocycles. The molecule has 1 saturated heterocycles. The zero-order valence-electron chi connectivity index (χ0n) is 15.4. The maximum absolute atomic E-state index is 12.7. The Kier molecular flexibility index (Phi) is 7.04. The van der Waals surface area contributed by atoms with Gasteiger partial charge in [-0.3, -0.25) is 19.4 Å². The van der Waals surface area contributed by atoms with E-state index in [9.17, 15) is 9.59 Å². The third-order valence-electron chi connectivity index (χ3n) is 5.03. The summed E-state index contributed by atoms with van der Waals surface area (Å²) in [6.07, 6.45) is 5.27. The zero-order chi connectivity index (χ0) is 17.7. The van der Waals surface area contributed by atoms with Gasteiger partial charge in [0.05, 0.1) is 13.1 Å². The number of carboxylic acids is 1. The average Bonchev–Trinajstić information content (AvgIpc) is 3.31. The van der Waals surface area contributed by atoms with E-state index >= 15 is 0 Å². The van der Waals surface area contributed by atoms with E-state index in [4.69, 9.17) is 5.11 Å². The van der Waals surface area contributed by atoms with Gasteiger partial charge in [0.25, 0.3) is 0 Å². The number of likely N-dealkylation sites (N-methyl/N-ethyl adjacent to an activating group) is 1. The lowest BCUT2D eigenvalue weighted by molar-refractivity contribution is -0.138. The Hall–Kier alpha value is -1.14. The van der Waals surface area contributed by atoms with E-state index in [1.54, 1.807) is 0 Å². The summed E-state index contributed by atoms with van der Waals surface area (Å²) in [4.78, 5) is 29.9. The third-order valence-corrected chi connectivity index (χ3v) is 5.03. The second-order valence-electron chi connectivity index (χ2n) is 7.84. The molecule has 2 rings (SSSR count). The lowest BCUT2D eigenvalue weighted by atomic mass is 10.1. The third kappa shape index (κ3) is 6.06. The summed E-state index contributed by atoms with van der Waals surface area (Å²) in [7, 11) is 1.89. The summed E-state index contributed by atoms with van der Waals surface area (Å²) in [6, 6.07) is 0.776. The molecule has 1 unspecified atom stereocenters. The highest BCUT2D eigenvalue weighted by atomic mass is 16.4. The summed E-state index contributed by atoms with van der Waals surface area (Å²) in [5.74, 6) is -0.00110. The molecule has 0 aromatic rings. The van der Waals surface area contributed by atoms with Gasteiger partial charge in [-0.2, -0.15) is 0 Å². The van der Waals surface area contributed by atoms with Gasteiger partial charge in [-0.05, 0) is 51.6 Å². The van der Waals surface area contributed by atoms with Crippen LogP contribution < -0.4 is 0 Å². The van der Waals surface area contributed by atoms with Gasteiger partial charge in [0.15, 0.2) is 0 Å². The number of hydrogen-bond donors (Lipinski definition) is 1. The second-order valence-corrected chi connectivity index (χ2v) is 7.84. The van der Waals surface area contributed by atoms with Gasteiger partial charge in [-0.1, -0.05) is 13.8 Å². The number of hydrogen-bond acceptors (Lipinski definition) is 4. The molecule has 1 aliphatic heterocycles. The molecule has 138 valence electrons. The van der Waals surface area contributed by atoms with Crippen LogP contribution in [0.1, 0.15) is 46.0 Å². The lowest BCUT2D eigenvalue weighted by Crippen LogP contribution is -2.43. The van der Waals surface area contributed by atoms with Crippen molar-refractivity contribution >= 4 is 11.9 Å². The fourth-order valence-electron chi connectivity index (χ4n) is 3.60. The van der Waals surface area contributed by atoms with Crippen LogP contribution in [0.15, 0.2) is 0 Å². The molecule has 1 atom stereocenters. The van der Waals surface area contributed by atoms with Crippen molar-refractivity contribution in [1.29, 1.82) is 0 Å². The normalized spacial score (nSPS) is 22.6. The Balaban J connectivity index is 1.82. The summed E-state index contributed by atoms with van der Waals surface area (Å²) in [5, 5.41) is 8.94. The van der Waals surface area contributed by atoms with Crippen LogP contribution in [-0.2, 0) is 9.59 Å². The SMILES string of the molecule is CC(C)CN(C(=O)CN1CCCC(N(C)CC(=O)O)CC1)C1CC1. The summed E-state index contributed by atoms with van der Waals surface area (Å²) < 4.78 is 0. The van der Waals surface area contributed by atoms with Gasteiger partial charge in [0, 0.05) is 25.2 Å². The van der Waals surface area contributed by atoms with Crippen molar-refractivity contribution in [2.24, 2.45) is 5.92 Å². The number of aliphatic carboxylic acids is 1. The number of carbonyl (C=O) groups is 2. The molecule has 1 aliphatic carbocycles. The number of rotatable bonds is 8. The fourth-order valence-corrected chi connectivity index (χ4v) is 3.60. The first-order valence-corrected chi connectivity index (χ1v) is 9.30. The van der Waals surface area contributed by atoms with Gasteiger partial charge in [-0.15, -0.1) is 0 Å². The highest BCUT2D eigenvalue weighted by molar-refractivity contribution is 5.79. The molecule has 2 aliphatic rings. The van der Waals surface area contributed by atoms with E-state index in [-0.39, 0.29) is 12.5 Å². The summed E-state index contributed by atoms with van der Waals surface area (Å²) in [5.41, 5.74) is 0. The Bertz CT molecular complexity index is 437. The monoisotopic (exact) mass is 339 g/mol. The highest BCUT2D eigenvalue weighted by Gasteiger charge is 2.33. The van der Waals surface area contributed by atoms with Crippen LogP contribution in [0.25, 0.3) is 0 Å². The summed E-state index contributed by atoms with van der Waals surface area (Å²) in [6.45, 7) is 7.60. The van der Waals surface area contributed by atoms with E-state index in [0.717, 1.165) is 51.7 Å². The maximum Gasteiger partial charge on any atom is 0.317 e. The molecule has 0 aromatic heterocycles. The lowest BCUT2D eigenvalue weighted by Gasteiger charge is -2.28. The minimum atomic E-state index is -0.775. The van der Waals surface area contributed by atoms with Crippen LogP contribution in [0.2, 0.25) is 0 Å². The quantitative estimate of drug-likeness (QED) is 0.726. The zero-order valence-corrected chi connectivity index (χ0v) is 15.4. The van der Waals surface area contributed by atoms with Gasteiger partial charge in [0.1, 0.15) is 0 Å². The Morgan fingerprint density at radius 2 is 1.83 bits per heavy atom. The molecule has 24 heavy (non-hydrogen) atoms. The molecule has 6 nitrogen and oxygen atoms in total. The molecular weight excluding hydrogens is 306 g/mol. The Labute approximate surface area is 145 Å². The Morgan fingerprint density at radius 3 is 2.42 bits per heavy atom. The number of carbonyl (C=O) groups excluding carboxylic acids is 1. The van der Waals surface area contributed by atoms with Crippen LogP contribution in [0.5, 0.6) is 0 Å². The van der Waals surface area contributed by atoms with Crippen molar-refractivity contribution < 1.29 is 14.7 Å². The molecule has 2 fully saturated rings. The predicted molar refractivity (Wildman–Crippen MR) is 93.9 cm³/mol. The molecule has 6 heteroatoms. The first-order valence-electron chi connectivity index (χ1n) is 9.30. The molecule has 0 radical (unpaired) electrons. The van der Waals surface area contributed by atoms with Crippen molar-refractivity contribution in [3.05, 3.63) is 0 Å². The van der Waals surface area contributed by atoms with Crippen LogP contribution in [0.3, 0.4) is 0 Å². The smallest absolute Gasteiger partial charge is 0.317 e. The van der Waals surface area contributed by atoms with Gasteiger partial charge in [-0.25, -0.2) is 0 Å². The first kappa shape index (κ1) is 19.2. The van der Waals surface area contributed by atoms with Crippen LogP contribution in [0, 0.1) is 5.92 Å². The van der Waals surface area contributed by atoms with Gasteiger partial charge >= 0.3 is 5.97 Å². The number of nitrogens with zero attached hydrogens (tertiary/aromatic N) is 3. The van der Waals surface area contributed by atoms with E-state index < -0.39 is 5.97 Å². The van der Waals surface area contributed by atoms with E-state index in [1.165, 1.54) is 0 Å². The van der Waals surface area contributed by atoms with Crippen molar-refractivity contribution in [2.75, 3.05) is 39.8 Å². The second kappa shape index (κ2) is 8.81. The van der Waals surface area contributed by atoms with Crippen LogP contribution in [-0.4, -0.2) is 83.5 Å². The predicted octanol–water partition coefficient (Wildman–Crippen LogP) is 1.50. The number of carboxylic acid groups (broad SMARTS) is 1. The molecule has 1 N–H and O–H groups in total. The maximum atomic E-state index is 12.7. The molecule has 0 bridgehead atoms. The van der Waals surface area contributed by atoms with E-state index in [2.05, 4.69) is 23.6 Å². The minimum Gasteiger partial charge on any atom is -0.480 e. The molecule has 0 spiro atoms.